The average Bonchev–Trinajstić information content (AvgIpc) is 3.09. The lowest BCUT2D eigenvalue weighted by Gasteiger charge is -2.18. The molecule has 0 aromatic heterocycles. The first-order chi connectivity index (χ1) is 7.79. The van der Waals surface area contributed by atoms with Gasteiger partial charge in [-0.25, -0.2) is 0 Å². The second-order valence-electron chi connectivity index (χ2n) is 4.74. The van der Waals surface area contributed by atoms with Crippen LogP contribution >= 0.6 is 22.6 Å². The fourth-order valence-electron chi connectivity index (χ4n) is 2.04. The van der Waals surface area contributed by atoms with Crippen molar-refractivity contribution in [3.05, 3.63) is 33.4 Å². The van der Waals surface area contributed by atoms with Crippen LogP contribution in [0, 0.1) is 9.49 Å². The van der Waals surface area contributed by atoms with Crippen LogP contribution in [0.2, 0.25) is 0 Å². The van der Waals surface area contributed by atoms with E-state index in [1.54, 1.807) is 0 Å². The van der Waals surface area contributed by atoms with E-state index >= 15 is 0 Å². The molecule has 16 heavy (non-hydrogen) atoms. The van der Waals surface area contributed by atoms with E-state index in [4.69, 9.17) is 0 Å². The van der Waals surface area contributed by atoms with Gasteiger partial charge in [0.15, 0.2) is 0 Å². The first kappa shape index (κ1) is 12.4. The molecule has 1 atom stereocenters. The van der Waals surface area contributed by atoms with E-state index in [-0.39, 0.29) is 0 Å². The van der Waals surface area contributed by atoms with Gasteiger partial charge in [-0.3, -0.25) is 0 Å². The SMILES string of the molecule is CCCNC(CC1CC1)c1ccc(I)cc1. The molecule has 1 unspecified atom stereocenters. The maximum Gasteiger partial charge on any atom is 0.0322 e. The maximum atomic E-state index is 3.67. The number of nitrogens with one attached hydrogen (secondary N) is 1. The third kappa shape index (κ3) is 3.74. The van der Waals surface area contributed by atoms with Gasteiger partial charge in [0.25, 0.3) is 0 Å². The Morgan fingerprint density at radius 2 is 2.00 bits per heavy atom. The fraction of sp³-hybridized carbons (Fsp3) is 0.571. The summed E-state index contributed by atoms with van der Waals surface area (Å²) < 4.78 is 1.32. The Hall–Kier alpha value is -0.0900. The van der Waals surface area contributed by atoms with Gasteiger partial charge in [-0.05, 0) is 65.6 Å². The van der Waals surface area contributed by atoms with Gasteiger partial charge in [-0.2, -0.15) is 0 Å². The molecule has 0 radical (unpaired) electrons. The quantitative estimate of drug-likeness (QED) is 0.774. The van der Waals surface area contributed by atoms with Crippen molar-refractivity contribution in [2.45, 2.75) is 38.6 Å². The van der Waals surface area contributed by atoms with Crippen molar-refractivity contribution >= 4 is 22.6 Å². The van der Waals surface area contributed by atoms with E-state index in [2.05, 4.69) is 59.1 Å². The third-order valence-electron chi connectivity index (χ3n) is 3.18. The summed E-state index contributed by atoms with van der Waals surface area (Å²) in [6.45, 7) is 3.36. The Morgan fingerprint density at radius 1 is 1.31 bits per heavy atom. The van der Waals surface area contributed by atoms with Gasteiger partial charge < -0.3 is 5.32 Å². The molecular formula is C14H20IN. The standard InChI is InChI=1S/C14H20IN/c1-2-9-16-14(10-11-3-4-11)12-5-7-13(15)8-6-12/h5-8,11,14,16H,2-4,9-10H2,1H3. The summed E-state index contributed by atoms with van der Waals surface area (Å²) in [5, 5.41) is 3.67. The number of halogens is 1. The molecule has 1 nitrogen and oxygen atoms in total. The summed E-state index contributed by atoms with van der Waals surface area (Å²) in [7, 11) is 0. The van der Waals surface area contributed by atoms with Crippen LogP contribution in [-0.2, 0) is 0 Å². The fourth-order valence-corrected chi connectivity index (χ4v) is 2.40. The van der Waals surface area contributed by atoms with E-state index < -0.39 is 0 Å². The van der Waals surface area contributed by atoms with Crippen molar-refractivity contribution in [1.29, 1.82) is 0 Å². The number of hydrogen-bond donors (Lipinski definition) is 1. The molecule has 1 fully saturated rings. The molecule has 2 heteroatoms. The summed E-state index contributed by atoms with van der Waals surface area (Å²) >= 11 is 2.37. The van der Waals surface area contributed by atoms with Crippen molar-refractivity contribution in [3.63, 3.8) is 0 Å². The molecule has 0 heterocycles. The van der Waals surface area contributed by atoms with Crippen molar-refractivity contribution in [1.82, 2.24) is 5.32 Å². The second-order valence-corrected chi connectivity index (χ2v) is 5.98. The maximum absolute atomic E-state index is 3.67. The molecule has 0 bridgehead atoms. The van der Waals surface area contributed by atoms with Crippen molar-refractivity contribution < 1.29 is 0 Å². The lowest BCUT2D eigenvalue weighted by molar-refractivity contribution is 0.474. The Labute approximate surface area is 112 Å². The van der Waals surface area contributed by atoms with Crippen LogP contribution < -0.4 is 5.32 Å². The zero-order chi connectivity index (χ0) is 11.4. The number of hydrogen-bond acceptors (Lipinski definition) is 1. The van der Waals surface area contributed by atoms with Crippen LogP contribution in [0.4, 0.5) is 0 Å². The molecule has 1 saturated carbocycles. The normalized spacial score (nSPS) is 17.4. The highest BCUT2D eigenvalue weighted by atomic mass is 127. The summed E-state index contributed by atoms with van der Waals surface area (Å²) in [5.41, 5.74) is 1.46. The summed E-state index contributed by atoms with van der Waals surface area (Å²) in [4.78, 5) is 0. The molecule has 0 amide bonds. The van der Waals surface area contributed by atoms with Crippen molar-refractivity contribution in [3.8, 4) is 0 Å². The van der Waals surface area contributed by atoms with Gasteiger partial charge in [0.2, 0.25) is 0 Å². The molecule has 0 saturated heterocycles. The van der Waals surface area contributed by atoms with Crippen LogP contribution in [0.25, 0.3) is 0 Å². The largest absolute Gasteiger partial charge is 0.310 e. The van der Waals surface area contributed by atoms with E-state index in [0.29, 0.717) is 6.04 Å². The first-order valence-corrected chi connectivity index (χ1v) is 7.36. The van der Waals surface area contributed by atoms with E-state index in [0.717, 1.165) is 12.5 Å². The van der Waals surface area contributed by atoms with Gasteiger partial charge >= 0.3 is 0 Å². The minimum Gasteiger partial charge on any atom is -0.310 e. The summed E-state index contributed by atoms with van der Waals surface area (Å²) in [5.74, 6) is 0.980. The van der Waals surface area contributed by atoms with E-state index in [9.17, 15) is 0 Å². The van der Waals surface area contributed by atoms with Crippen molar-refractivity contribution in [2.75, 3.05) is 6.54 Å². The molecule has 1 aliphatic rings. The van der Waals surface area contributed by atoms with Gasteiger partial charge in [0.05, 0.1) is 0 Å². The van der Waals surface area contributed by atoms with Gasteiger partial charge in [-0.15, -0.1) is 0 Å². The molecule has 2 rings (SSSR count). The molecule has 0 spiro atoms. The Kier molecular flexibility index (Phi) is 4.65. The molecule has 88 valence electrons. The predicted octanol–water partition coefficient (Wildman–Crippen LogP) is 4.13. The minimum atomic E-state index is 0.574. The van der Waals surface area contributed by atoms with Crippen LogP contribution in [0.1, 0.15) is 44.2 Å². The Balaban J connectivity index is 2.00. The lowest BCUT2D eigenvalue weighted by atomic mass is 10.0. The molecular weight excluding hydrogens is 309 g/mol. The highest BCUT2D eigenvalue weighted by Crippen LogP contribution is 2.37. The molecule has 1 aliphatic carbocycles. The molecule has 1 aromatic rings. The topological polar surface area (TPSA) is 12.0 Å². The van der Waals surface area contributed by atoms with Crippen LogP contribution in [0.3, 0.4) is 0 Å². The van der Waals surface area contributed by atoms with Crippen molar-refractivity contribution in [2.24, 2.45) is 5.92 Å². The van der Waals surface area contributed by atoms with Crippen LogP contribution in [-0.4, -0.2) is 6.54 Å². The van der Waals surface area contributed by atoms with Gasteiger partial charge in [0.1, 0.15) is 0 Å². The number of benzene rings is 1. The first-order valence-electron chi connectivity index (χ1n) is 6.28. The lowest BCUT2D eigenvalue weighted by Crippen LogP contribution is -2.22. The average molecular weight is 329 g/mol. The second kappa shape index (κ2) is 6.01. The molecule has 1 N–H and O–H groups in total. The number of rotatable bonds is 6. The minimum absolute atomic E-state index is 0.574. The van der Waals surface area contributed by atoms with E-state index in [1.807, 2.05) is 0 Å². The van der Waals surface area contributed by atoms with E-state index in [1.165, 1.54) is 34.8 Å². The third-order valence-corrected chi connectivity index (χ3v) is 3.90. The predicted molar refractivity (Wildman–Crippen MR) is 77.5 cm³/mol. The monoisotopic (exact) mass is 329 g/mol. The zero-order valence-electron chi connectivity index (χ0n) is 9.88. The van der Waals surface area contributed by atoms with Gasteiger partial charge in [-0.1, -0.05) is 31.9 Å². The Morgan fingerprint density at radius 3 is 2.56 bits per heavy atom. The Bertz CT molecular complexity index is 316. The highest BCUT2D eigenvalue weighted by Gasteiger charge is 2.25. The highest BCUT2D eigenvalue weighted by molar-refractivity contribution is 14.1. The van der Waals surface area contributed by atoms with Gasteiger partial charge in [0, 0.05) is 9.61 Å². The van der Waals surface area contributed by atoms with Crippen LogP contribution in [0.5, 0.6) is 0 Å². The molecule has 0 aliphatic heterocycles. The smallest absolute Gasteiger partial charge is 0.0322 e. The summed E-state index contributed by atoms with van der Waals surface area (Å²) in [6, 6.07) is 9.55. The zero-order valence-corrected chi connectivity index (χ0v) is 12.0. The molecule has 1 aromatic carbocycles. The summed E-state index contributed by atoms with van der Waals surface area (Å²) in [6.07, 6.45) is 5.41. The van der Waals surface area contributed by atoms with Crippen LogP contribution in [0.15, 0.2) is 24.3 Å².